The van der Waals surface area contributed by atoms with Crippen LogP contribution in [-0.4, -0.2) is 17.1 Å². The van der Waals surface area contributed by atoms with Gasteiger partial charge in [0, 0.05) is 17.8 Å². The molecule has 1 heterocycles. The van der Waals surface area contributed by atoms with Gasteiger partial charge in [0.05, 0.1) is 22.8 Å². The third kappa shape index (κ3) is 2.43. The Kier molecular flexibility index (Phi) is 3.36. The summed E-state index contributed by atoms with van der Waals surface area (Å²) in [6, 6.07) is 5.03. The monoisotopic (exact) mass is 269 g/mol. The third-order valence-electron chi connectivity index (χ3n) is 2.19. The number of hydrogen-bond acceptors (Lipinski definition) is 4. The van der Waals surface area contributed by atoms with E-state index in [-0.39, 0.29) is 5.95 Å². The molecule has 0 radical (unpaired) electrons. The predicted octanol–water partition coefficient (Wildman–Crippen LogP) is 3.04. The van der Waals surface area contributed by atoms with Gasteiger partial charge in [-0.1, -0.05) is 23.2 Å². The number of benzene rings is 1. The Labute approximate surface area is 108 Å². The van der Waals surface area contributed by atoms with Crippen molar-refractivity contribution < 1.29 is 4.74 Å². The van der Waals surface area contributed by atoms with Crippen LogP contribution in [0.4, 0.5) is 5.95 Å². The van der Waals surface area contributed by atoms with E-state index < -0.39 is 0 Å². The number of rotatable bonds is 2. The van der Waals surface area contributed by atoms with Crippen LogP contribution >= 0.6 is 23.2 Å². The summed E-state index contributed by atoms with van der Waals surface area (Å²) in [5, 5.41) is 0.952. The highest BCUT2D eigenvalue weighted by atomic mass is 35.5. The molecule has 0 saturated carbocycles. The summed E-state index contributed by atoms with van der Waals surface area (Å²) in [5.74, 6) is 0.702. The molecule has 0 aliphatic rings. The second kappa shape index (κ2) is 4.77. The average molecular weight is 270 g/mol. The molecule has 17 heavy (non-hydrogen) atoms. The topological polar surface area (TPSA) is 61.0 Å². The summed E-state index contributed by atoms with van der Waals surface area (Å²) >= 11 is 12.2. The Morgan fingerprint density at radius 1 is 1.24 bits per heavy atom. The van der Waals surface area contributed by atoms with Crippen molar-refractivity contribution in [1.82, 2.24) is 9.97 Å². The Bertz CT molecular complexity index is 560. The second-order valence-corrected chi connectivity index (χ2v) is 4.08. The SMILES string of the molecule is COc1cc(Cl)c(-c2ccnc(N)n2)cc1Cl. The molecule has 2 N–H and O–H groups in total. The Morgan fingerprint density at radius 3 is 2.65 bits per heavy atom. The van der Waals surface area contributed by atoms with Crippen molar-refractivity contribution in [2.24, 2.45) is 0 Å². The van der Waals surface area contributed by atoms with Gasteiger partial charge in [-0.05, 0) is 12.1 Å². The summed E-state index contributed by atoms with van der Waals surface area (Å²) in [7, 11) is 1.53. The van der Waals surface area contributed by atoms with Gasteiger partial charge in [0.2, 0.25) is 5.95 Å². The quantitative estimate of drug-likeness (QED) is 0.911. The smallest absolute Gasteiger partial charge is 0.220 e. The number of anilines is 1. The molecule has 0 bridgehead atoms. The van der Waals surface area contributed by atoms with E-state index in [1.165, 1.54) is 7.11 Å². The highest BCUT2D eigenvalue weighted by Crippen LogP contribution is 2.35. The first-order chi connectivity index (χ1) is 8.11. The summed E-state index contributed by atoms with van der Waals surface area (Å²) in [4.78, 5) is 7.90. The van der Waals surface area contributed by atoms with Gasteiger partial charge in [0.25, 0.3) is 0 Å². The molecule has 0 aliphatic heterocycles. The van der Waals surface area contributed by atoms with Crippen LogP contribution in [0.2, 0.25) is 10.0 Å². The van der Waals surface area contributed by atoms with E-state index in [1.54, 1.807) is 24.4 Å². The van der Waals surface area contributed by atoms with E-state index in [0.717, 1.165) is 0 Å². The lowest BCUT2D eigenvalue weighted by molar-refractivity contribution is 0.415. The molecule has 0 aliphatic carbocycles. The maximum atomic E-state index is 6.13. The molecule has 1 aromatic heterocycles. The molecule has 88 valence electrons. The normalized spacial score (nSPS) is 10.3. The van der Waals surface area contributed by atoms with Crippen molar-refractivity contribution in [3.63, 3.8) is 0 Å². The van der Waals surface area contributed by atoms with Crippen LogP contribution in [-0.2, 0) is 0 Å². The second-order valence-electron chi connectivity index (χ2n) is 3.27. The fraction of sp³-hybridized carbons (Fsp3) is 0.0909. The van der Waals surface area contributed by atoms with Crippen molar-refractivity contribution in [2.75, 3.05) is 12.8 Å². The molecule has 0 fully saturated rings. The van der Waals surface area contributed by atoms with Crippen LogP contribution in [0, 0.1) is 0 Å². The van der Waals surface area contributed by atoms with E-state index in [0.29, 0.717) is 27.1 Å². The van der Waals surface area contributed by atoms with E-state index in [4.69, 9.17) is 33.7 Å². The van der Waals surface area contributed by atoms with Gasteiger partial charge in [-0.3, -0.25) is 0 Å². The number of ether oxygens (including phenoxy) is 1. The highest BCUT2D eigenvalue weighted by Gasteiger charge is 2.10. The molecule has 6 heteroatoms. The van der Waals surface area contributed by atoms with Crippen LogP contribution in [0.5, 0.6) is 5.75 Å². The molecule has 2 aromatic rings. The van der Waals surface area contributed by atoms with Crippen LogP contribution in [0.15, 0.2) is 24.4 Å². The fourth-order valence-electron chi connectivity index (χ4n) is 1.41. The minimum absolute atomic E-state index is 0.186. The summed E-state index contributed by atoms with van der Waals surface area (Å²) in [6.07, 6.45) is 1.56. The molecule has 4 nitrogen and oxygen atoms in total. The van der Waals surface area contributed by atoms with Gasteiger partial charge in [-0.15, -0.1) is 0 Å². The van der Waals surface area contributed by atoms with Crippen molar-refractivity contribution in [3.05, 3.63) is 34.4 Å². The number of methoxy groups -OCH3 is 1. The van der Waals surface area contributed by atoms with Crippen molar-refractivity contribution in [3.8, 4) is 17.0 Å². The number of halogens is 2. The molecular weight excluding hydrogens is 261 g/mol. The Hall–Kier alpha value is -1.52. The van der Waals surface area contributed by atoms with E-state index in [1.807, 2.05) is 0 Å². The number of hydrogen-bond donors (Lipinski definition) is 1. The Balaban J connectivity index is 2.56. The number of nitrogen functional groups attached to an aromatic ring is 1. The minimum Gasteiger partial charge on any atom is -0.495 e. The zero-order chi connectivity index (χ0) is 12.4. The predicted molar refractivity (Wildman–Crippen MR) is 68.5 cm³/mol. The van der Waals surface area contributed by atoms with Gasteiger partial charge in [-0.25, -0.2) is 9.97 Å². The maximum Gasteiger partial charge on any atom is 0.220 e. The van der Waals surface area contributed by atoms with Gasteiger partial charge in [0.15, 0.2) is 0 Å². The van der Waals surface area contributed by atoms with Crippen molar-refractivity contribution in [1.29, 1.82) is 0 Å². The molecule has 0 amide bonds. The van der Waals surface area contributed by atoms with Gasteiger partial charge >= 0.3 is 0 Å². The van der Waals surface area contributed by atoms with Gasteiger partial charge in [0.1, 0.15) is 5.75 Å². The zero-order valence-electron chi connectivity index (χ0n) is 8.95. The lowest BCUT2D eigenvalue weighted by Crippen LogP contribution is -1.96. The van der Waals surface area contributed by atoms with Crippen LogP contribution < -0.4 is 10.5 Å². The van der Waals surface area contributed by atoms with Gasteiger partial charge in [-0.2, -0.15) is 0 Å². The van der Waals surface area contributed by atoms with E-state index in [9.17, 15) is 0 Å². The van der Waals surface area contributed by atoms with E-state index in [2.05, 4.69) is 9.97 Å². The first kappa shape index (κ1) is 12.0. The van der Waals surface area contributed by atoms with Gasteiger partial charge < -0.3 is 10.5 Å². The van der Waals surface area contributed by atoms with Crippen LogP contribution in [0.3, 0.4) is 0 Å². The molecule has 0 unspecified atom stereocenters. The lowest BCUT2D eigenvalue weighted by atomic mass is 10.1. The summed E-state index contributed by atoms with van der Waals surface area (Å²) in [5.41, 5.74) is 6.82. The van der Waals surface area contributed by atoms with Crippen LogP contribution in [0.25, 0.3) is 11.3 Å². The third-order valence-corrected chi connectivity index (χ3v) is 2.80. The molecule has 0 spiro atoms. The zero-order valence-corrected chi connectivity index (χ0v) is 10.5. The highest BCUT2D eigenvalue weighted by molar-refractivity contribution is 6.36. The molecule has 0 saturated heterocycles. The van der Waals surface area contributed by atoms with Crippen LogP contribution in [0.1, 0.15) is 0 Å². The van der Waals surface area contributed by atoms with Crippen molar-refractivity contribution in [2.45, 2.75) is 0 Å². The standard InChI is InChI=1S/C11H9Cl2N3O/c1-17-10-5-7(12)6(4-8(10)13)9-2-3-15-11(14)16-9/h2-5H,1H3,(H2,14,15,16). The molecule has 0 atom stereocenters. The first-order valence-electron chi connectivity index (χ1n) is 4.73. The minimum atomic E-state index is 0.186. The fourth-order valence-corrected chi connectivity index (χ4v) is 1.90. The maximum absolute atomic E-state index is 6.13. The first-order valence-corrected chi connectivity index (χ1v) is 5.49. The Morgan fingerprint density at radius 2 is 2.00 bits per heavy atom. The summed E-state index contributed by atoms with van der Waals surface area (Å²) in [6.45, 7) is 0. The number of nitrogens with zero attached hydrogens (tertiary/aromatic N) is 2. The number of aromatic nitrogens is 2. The van der Waals surface area contributed by atoms with Crippen molar-refractivity contribution >= 4 is 29.2 Å². The summed E-state index contributed by atoms with van der Waals surface area (Å²) < 4.78 is 5.07. The molecule has 2 rings (SSSR count). The average Bonchev–Trinajstić information content (AvgIpc) is 2.31. The molecular formula is C11H9Cl2N3O. The number of nitrogens with two attached hydrogens (primary N) is 1. The largest absolute Gasteiger partial charge is 0.495 e. The van der Waals surface area contributed by atoms with E-state index >= 15 is 0 Å². The lowest BCUT2D eigenvalue weighted by Gasteiger charge is -2.08. The molecule has 1 aromatic carbocycles.